The van der Waals surface area contributed by atoms with E-state index in [2.05, 4.69) is 26.8 Å². The van der Waals surface area contributed by atoms with Gasteiger partial charge in [-0.3, -0.25) is 4.79 Å². The molecule has 3 saturated heterocycles. The molecule has 1 N–H and O–H groups in total. The summed E-state index contributed by atoms with van der Waals surface area (Å²) in [5.74, 6) is -3.51. The molecule has 3 fully saturated rings. The number of benzene rings is 2. The number of allylic oxidation sites excluding steroid dienone is 2. The first-order chi connectivity index (χ1) is 29.8. The van der Waals surface area contributed by atoms with E-state index in [-0.39, 0.29) is 24.7 Å². The zero-order chi connectivity index (χ0) is 44.0. The number of fused-ring (bicyclic) bond motifs is 2. The number of ether oxygens (including phenoxy) is 6. The van der Waals surface area contributed by atoms with E-state index in [1.54, 1.807) is 37.3 Å². The SMILES string of the molecule is CC[C@H](C)[C@H]1O[C@]2(CC[C@@H]1C)C[C@@H]1C[C@@H](C/C=C(\C)[C@@H](OC(=O)/C=C/c3ccccc3)[C@@H](C)/C=C/C=C3\CO[C@@H]4[C@H](OC(=O)/C=C/c5ccccc5)C(C)=C[C@@H](C(=O)O1)[C@]34O)O2. The zero-order valence-electron chi connectivity index (χ0n) is 36.8. The lowest BCUT2D eigenvalue weighted by atomic mass is 9.70. The third-order valence-corrected chi connectivity index (χ3v) is 13.3. The van der Waals surface area contributed by atoms with Crippen LogP contribution < -0.4 is 0 Å². The minimum Gasteiger partial charge on any atom is -0.462 e. The second kappa shape index (κ2) is 19.7. The molecule has 0 amide bonds. The Morgan fingerprint density at radius 1 is 0.903 bits per heavy atom. The van der Waals surface area contributed by atoms with E-state index >= 15 is 0 Å². The fourth-order valence-electron chi connectivity index (χ4n) is 9.67. The van der Waals surface area contributed by atoms with Gasteiger partial charge in [0.2, 0.25) is 0 Å². The molecule has 0 aromatic heterocycles. The van der Waals surface area contributed by atoms with Gasteiger partial charge in [0.15, 0.2) is 11.9 Å². The van der Waals surface area contributed by atoms with Gasteiger partial charge in [-0.25, -0.2) is 9.59 Å². The topological polar surface area (TPSA) is 127 Å². The van der Waals surface area contributed by atoms with Crippen LogP contribution in [0.3, 0.4) is 0 Å². The molecule has 0 saturated carbocycles. The van der Waals surface area contributed by atoms with Crippen molar-refractivity contribution in [3.8, 4) is 0 Å². The van der Waals surface area contributed by atoms with E-state index in [0.717, 1.165) is 29.5 Å². The van der Waals surface area contributed by atoms with Crippen LogP contribution >= 0.6 is 0 Å². The minimum atomic E-state index is -1.92. The summed E-state index contributed by atoms with van der Waals surface area (Å²) in [7, 11) is 0. The third kappa shape index (κ3) is 10.2. The largest absolute Gasteiger partial charge is 0.462 e. The van der Waals surface area contributed by atoms with Crippen molar-refractivity contribution in [2.75, 3.05) is 6.61 Å². The average molecular weight is 847 g/mol. The minimum absolute atomic E-state index is 0.0220. The smallest absolute Gasteiger partial charge is 0.331 e. The first kappa shape index (κ1) is 45.2. The fraction of sp³-hybridized carbons (Fsp3) is 0.481. The van der Waals surface area contributed by atoms with Crippen LogP contribution in [0.4, 0.5) is 0 Å². The molecule has 2 aromatic rings. The van der Waals surface area contributed by atoms with Crippen LogP contribution in [0, 0.1) is 23.7 Å². The molecule has 2 bridgehead atoms. The van der Waals surface area contributed by atoms with Crippen molar-refractivity contribution in [2.24, 2.45) is 23.7 Å². The van der Waals surface area contributed by atoms with Crippen LogP contribution in [0.25, 0.3) is 12.2 Å². The van der Waals surface area contributed by atoms with Gasteiger partial charge in [0, 0.05) is 37.3 Å². The summed E-state index contributed by atoms with van der Waals surface area (Å²) in [6.07, 6.45) is 15.3. The molecule has 5 aliphatic rings. The lowest BCUT2D eigenvalue weighted by Crippen LogP contribution is -2.59. The number of esters is 3. The Morgan fingerprint density at radius 3 is 2.19 bits per heavy atom. The van der Waals surface area contributed by atoms with Crippen molar-refractivity contribution < 1.29 is 47.9 Å². The molecule has 0 unspecified atom stereocenters. The van der Waals surface area contributed by atoms with Gasteiger partial charge in [-0.05, 0) is 78.5 Å². The van der Waals surface area contributed by atoms with Crippen LogP contribution in [-0.4, -0.2) is 77.6 Å². The maximum Gasteiger partial charge on any atom is 0.331 e. The summed E-state index contributed by atoms with van der Waals surface area (Å²) in [5, 5.41) is 12.9. The van der Waals surface area contributed by atoms with Gasteiger partial charge in [0.25, 0.3) is 0 Å². The van der Waals surface area contributed by atoms with Crippen molar-refractivity contribution >= 4 is 30.1 Å². The maximum atomic E-state index is 14.6. The number of hydrogen-bond acceptors (Lipinski definition) is 10. The maximum absolute atomic E-state index is 14.6. The Labute approximate surface area is 366 Å². The van der Waals surface area contributed by atoms with Gasteiger partial charge < -0.3 is 33.5 Å². The van der Waals surface area contributed by atoms with E-state index < -0.39 is 59.6 Å². The van der Waals surface area contributed by atoms with E-state index in [1.807, 2.05) is 80.6 Å². The number of hydrogen-bond donors (Lipinski definition) is 1. The second-order valence-electron chi connectivity index (χ2n) is 17.9. The first-order valence-corrected chi connectivity index (χ1v) is 22.3. The van der Waals surface area contributed by atoms with E-state index in [1.165, 1.54) is 12.2 Å². The molecule has 4 heterocycles. The molecule has 2 aromatic carbocycles. The van der Waals surface area contributed by atoms with Crippen molar-refractivity contribution in [1.82, 2.24) is 0 Å². The standard InChI is InChI=1S/C52H62O10/c1-7-33(2)47-36(5)27-28-51(62-47)31-42-30-41(61-51)24-21-35(4)46(59-44(53)25-22-38-16-10-8-11-17-38)34(3)15-14-20-40-32-57-49-48(37(6)29-43(50(55)58-42)52(40,49)56)60-45(54)26-23-39-18-12-9-13-19-39/h8-23,25-26,29,33-34,36,41-43,46-49,56H,7,24,27-28,30-32H2,1-6H3/b15-14+,25-22+,26-23+,35-21+,40-20+/t33-,34-,36-,41+,42-,43-,46-,47+,48+,49+,51+,52+/m0/s1. The Hall–Kier alpha value is -4.87. The zero-order valence-corrected chi connectivity index (χ0v) is 36.8. The van der Waals surface area contributed by atoms with Gasteiger partial charge in [-0.2, -0.15) is 0 Å². The van der Waals surface area contributed by atoms with Crippen molar-refractivity contribution in [1.29, 1.82) is 0 Å². The van der Waals surface area contributed by atoms with Crippen LogP contribution in [-0.2, 0) is 42.8 Å². The summed E-state index contributed by atoms with van der Waals surface area (Å²) in [6, 6.07) is 19.0. The second-order valence-corrected chi connectivity index (χ2v) is 17.9. The molecule has 1 spiro atoms. The summed E-state index contributed by atoms with van der Waals surface area (Å²) in [6.45, 7) is 12.3. The molecule has 0 radical (unpaired) electrons. The van der Waals surface area contributed by atoms with Gasteiger partial charge in [0.05, 0.1) is 18.8 Å². The Bertz CT molecular complexity index is 2100. The number of aliphatic hydroxyl groups is 1. The molecule has 12 atom stereocenters. The van der Waals surface area contributed by atoms with Crippen molar-refractivity contribution in [3.63, 3.8) is 0 Å². The van der Waals surface area contributed by atoms with Crippen LogP contribution in [0.5, 0.6) is 0 Å². The summed E-state index contributed by atoms with van der Waals surface area (Å²) >= 11 is 0. The Balaban J connectivity index is 1.24. The average Bonchev–Trinajstić information content (AvgIpc) is 3.61. The van der Waals surface area contributed by atoms with Gasteiger partial charge in [-0.1, -0.05) is 125 Å². The highest BCUT2D eigenvalue weighted by molar-refractivity contribution is 5.88. The molecule has 10 heteroatoms. The Morgan fingerprint density at radius 2 is 1.55 bits per heavy atom. The quantitative estimate of drug-likeness (QED) is 0.119. The van der Waals surface area contributed by atoms with E-state index in [9.17, 15) is 19.5 Å². The summed E-state index contributed by atoms with van der Waals surface area (Å²) in [5.41, 5.74) is 1.63. The normalized spacial score (nSPS) is 36.7. The van der Waals surface area contributed by atoms with E-state index in [0.29, 0.717) is 48.7 Å². The number of rotatable bonds is 8. The number of carbonyl (C=O) groups is 3. The lowest BCUT2D eigenvalue weighted by molar-refractivity contribution is -0.340. The first-order valence-electron chi connectivity index (χ1n) is 22.3. The highest BCUT2D eigenvalue weighted by atomic mass is 16.7. The predicted octanol–water partition coefficient (Wildman–Crippen LogP) is 9.06. The molecule has 62 heavy (non-hydrogen) atoms. The fourth-order valence-corrected chi connectivity index (χ4v) is 9.67. The summed E-state index contributed by atoms with van der Waals surface area (Å²) in [4.78, 5) is 41.3. The van der Waals surface area contributed by atoms with Gasteiger partial charge >= 0.3 is 17.9 Å². The highest BCUT2D eigenvalue weighted by Gasteiger charge is 2.61. The van der Waals surface area contributed by atoms with Crippen LogP contribution in [0.15, 0.2) is 120 Å². The molecular weight excluding hydrogens is 785 g/mol. The molecule has 4 aliphatic heterocycles. The molecule has 7 rings (SSSR count). The van der Waals surface area contributed by atoms with Crippen LogP contribution in [0.1, 0.15) is 91.2 Å². The van der Waals surface area contributed by atoms with Crippen LogP contribution in [0.2, 0.25) is 0 Å². The molecular formula is C52H62O10. The number of carbonyl (C=O) groups excluding carboxylic acids is 3. The summed E-state index contributed by atoms with van der Waals surface area (Å²) < 4.78 is 38.8. The third-order valence-electron chi connectivity index (χ3n) is 13.3. The molecule has 10 nitrogen and oxygen atoms in total. The van der Waals surface area contributed by atoms with Gasteiger partial charge in [0.1, 0.15) is 29.8 Å². The van der Waals surface area contributed by atoms with Crippen molar-refractivity contribution in [3.05, 3.63) is 131 Å². The lowest BCUT2D eigenvalue weighted by Gasteiger charge is -2.51. The predicted molar refractivity (Wildman–Crippen MR) is 237 cm³/mol. The van der Waals surface area contributed by atoms with Gasteiger partial charge in [-0.15, -0.1) is 0 Å². The Kier molecular flexibility index (Phi) is 14.3. The van der Waals surface area contributed by atoms with E-state index in [4.69, 9.17) is 28.4 Å². The molecule has 1 aliphatic carbocycles. The van der Waals surface area contributed by atoms with Crippen molar-refractivity contribution in [2.45, 2.75) is 128 Å². The molecule has 330 valence electrons. The highest BCUT2D eigenvalue weighted by Crippen LogP contribution is 2.48. The monoisotopic (exact) mass is 846 g/mol.